The van der Waals surface area contributed by atoms with E-state index in [4.69, 9.17) is 5.11 Å². The van der Waals surface area contributed by atoms with Crippen LogP contribution in [0.25, 0.3) is 10.1 Å². The Hall–Kier alpha value is -2.15. The summed E-state index contributed by atoms with van der Waals surface area (Å²) in [6.45, 7) is 0. The van der Waals surface area contributed by atoms with E-state index < -0.39 is 10.9 Å². The van der Waals surface area contributed by atoms with Crippen molar-refractivity contribution < 1.29 is 19.9 Å². The lowest BCUT2D eigenvalue weighted by molar-refractivity contribution is -0.382. The number of aromatic carboxylic acids is 1. The molecule has 1 aromatic heterocycles. The number of rotatable bonds is 2. The molecule has 0 aliphatic rings. The van der Waals surface area contributed by atoms with E-state index in [1.54, 1.807) is 0 Å². The minimum absolute atomic E-state index is 0.00343. The Morgan fingerprint density at radius 3 is 2.62 bits per heavy atom. The van der Waals surface area contributed by atoms with Crippen LogP contribution in [-0.4, -0.2) is 21.1 Å². The summed E-state index contributed by atoms with van der Waals surface area (Å²) in [6.07, 6.45) is 0. The molecular formula is C9H5NO5S. The average molecular weight is 239 g/mol. The van der Waals surface area contributed by atoms with Crippen LogP contribution in [0, 0.1) is 10.1 Å². The van der Waals surface area contributed by atoms with Gasteiger partial charge in [0.25, 0.3) is 5.69 Å². The lowest BCUT2D eigenvalue weighted by Crippen LogP contribution is -1.89. The average Bonchev–Trinajstić information content (AvgIpc) is 2.59. The van der Waals surface area contributed by atoms with Gasteiger partial charge < -0.3 is 10.2 Å². The summed E-state index contributed by atoms with van der Waals surface area (Å²) >= 11 is 0.817. The van der Waals surface area contributed by atoms with Gasteiger partial charge in [0, 0.05) is 5.39 Å². The molecule has 2 aromatic rings. The monoisotopic (exact) mass is 239 g/mol. The predicted molar refractivity (Wildman–Crippen MR) is 57.1 cm³/mol. The van der Waals surface area contributed by atoms with E-state index in [1.807, 2.05) is 0 Å². The molecular weight excluding hydrogens is 234 g/mol. The first-order valence-corrected chi connectivity index (χ1v) is 4.95. The maximum absolute atomic E-state index is 10.7. The van der Waals surface area contributed by atoms with E-state index >= 15 is 0 Å². The first kappa shape index (κ1) is 10.4. The van der Waals surface area contributed by atoms with Crippen LogP contribution in [-0.2, 0) is 0 Å². The second-order valence-corrected chi connectivity index (χ2v) is 4.11. The molecule has 0 amide bonds. The number of phenols is 1. The van der Waals surface area contributed by atoms with Crippen LogP contribution < -0.4 is 0 Å². The third-order valence-electron chi connectivity index (χ3n) is 1.99. The second kappa shape index (κ2) is 3.46. The van der Waals surface area contributed by atoms with Crippen molar-refractivity contribution in [3.05, 3.63) is 33.2 Å². The zero-order valence-electron chi connectivity index (χ0n) is 7.71. The van der Waals surface area contributed by atoms with Gasteiger partial charge in [-0.05, 0) is 12.1 Å². The Morgan fingerprint density at radius 2 is 2.06 bits per heavy atom. The van der Waals surface area contributed by atoms with Gasteiger partial charge in [0.2, 0.25) is 0 Å². The molecule has 6 nitrogen and oxygen atoms in total. The van der Waals surface area contributed by atoms with Gasteiger partial charge in [0.1, 0.15) is 15.3 Å². The summed E-state index contributed by atoms with van der Waals surface area (Å²) in [5.41, 5.74) is -0.285. The fraction of sp³-hybridized carbons (Fsp3) is 0. The summed E-state index contributed by atoms with van der Waals surface area (Å²) in [6, 6.07) is 3.60. The SMILES string of the molecule is O=C(O)c1cc2cc(O)cc([N+](=O)[O-])c2s1. The summed E-state index contributed by atoms with van der Waals surface area (Å²) in [7, 11) is 0. The van der Waals surface area contributed by atoms with Crippen molar-refractivity contribution in [3.8, 4) is 5.75 Å². The number of hydrogen-bond acceptors (Lipinski definition) is 5. The summed E-state index contributed by atoms with van der Waals surface area (Å²) in [5, 5.41) is 29.1. The van der Waals surface area contributed by atoms with Crippen LogP contribution in [0.5, 0.6) is 5.75 Å². The lowest BCUT2D eigenvalue weighted by atomic mass is 10.2. The third-order valence-corrected chi connectivity index (χ3v) is 3.15. The lowest BCUT2D eigenvalue weighted by Gasteiger charge is -1.94. The van der Waals surface area contributed by atoms with Crippen LogP contribution in [0.4, 0.5) is 5.69 Å². The molecule has 0 atom stereocenters. The molecule has 2 rings (SSSR count). The third kappa shape index (κ3) is 1.57. The molecule has 0 fully saturated rings. The van der Waals surface area contributed by atoms with Gasteiger partial charge in [-0.25, -0.2) is 4.79 Å². The van der Waals surface area contributed by atoms with E-state index in [0.29, 0.717) is 5.39 Å². The van der Waals surface area contributed by atoms with Crippen molar-refractivity contribution in [1.82, 2.24) is 0 Å². The number of carbonyl (C=O) groups is 1. The maximum Gasteiger partial charge on any atom is 0.345 e. The molecule has 0 aliphatic carbocycles. The predicted octanol–water partition coefficient (Wildman–Crippen LogP) is 2.21. The van der Waals surface area contributed by atoms with Crippen LogP contribution in [0.1, 0.15) is 9.67 Å². The highest BCUT2D eigenvalue weighted by atomic mass is 32.1. The van der Waals surface area contributed by atoms with Crippen molar-refractivity contribution >= 4 is 33.1 Å². The molecule has 0 spiro atoms. The van der Waals surface area contributed by atoms with Crippen LogP contribution in [0.3, 0.4) is 0 Å². The standard InChI is InChI=1S/C9H5NO5S/c11-5-1-4-2-7(9(12)13)16-8(4)6(3-5)10(14)15/h1-3,11H,(H,12,13). The number of nitro groups is 1. The number of benzene rings is 1. The van der Waals surface area contributed by atoms with Gasteiger partial charge in [-0.15, -0.1) is 11.3 Å². The van der Waals surface area contributed by atoms with Gasteiger partial charge in [-0.3, -0.25) is 10.1 Å². The molecule has 0 radical (unpaired) electrons. The van der Waals surface area contributed by atoms with Gasteiger partial charge >= 0.3 is 5.97 Å². The number of non-ortho nitro benzene ring substituents is 1. The highest BCUT2D eigenvalue weighted by molar-refractivity contribution is 7.21. The Morgan fingerprint density at radius 1 is 1.38 bits per heavy atom. The van der Waals surface area contributed by atoms with Gasteiger partial charge in [0.15, 0.2) is 0 Å². The topological polar surface area (TPSA) is 101 Å². The van der Waals surface area contributed by atoms with E-state index in [-0.39, 0.29) is 21.0 Å². The molecule has 0 saturated carbocycles. The Kier molecular flexibility index (Phi) is 2.24. The Labute approximate surface area is 92.5 Å². The van der Waals surface area contributed by atoms with Gasteiger partial charge in [-0.1, -0.05) is 0 Å². The smallest absolute Gasteiger partial charge is 0.345 e. The molecule has 16 heavy (non-hydrogen) atoms. The molecule has 2 N–H and O–H groups in total. The van der Waals surface area contributed by atoms with Crippen molar-refractivity contribution in [2.75, 3.05) is 0 Å². The van der Waals surface area contributed by atoms with Crippen LogP contribution in [0.15, 0.2) is 18.2 Å². The number of nitrogens with zero attached hydrogens (tertiary/aromatic N) is 1. The largest absolute Gasteiger partial charge is 0.508 e. The fourth-order valence-electron chi connectivity index (χ4n) is 1.36. The number of carboxylic acids is 1. The summed E-state index contributed by atoms with van der Waals surface area (Å²) in [4.78, 5) is 20.8. The molecule has 0 unspecified atom stereocenters. The van der Waals surface area contributed by atoms with Gasteiger partial charge in [-0.2, -0.15) is 0 Å². The first-order chi connectivity index (χ1) is 7.49. The highest BCUT2D eigenvalue weighted by Crippen LogP contribution is 2.36. The Balaban J connectivity index is 2.80. The summed E-state index contributed by atoms with van der Waals surface area (Å²) < 4.78 is 0.250. The van der Waals surface area contributed by atoms with E-state index in [9.17, 15) is 20.0 Å². The molecule has 1 heterocycles. The molecule has 0 bridgehead atoms. The maximum atomic E-state index is 10.7. The zero-order valence-corrected chi connectivity index (χ0v) is 8.52. The number of fused-ring (bicyclic) bond motifs is 1. The van der Waals surface area contributed by atoms with E-state index in [2.05, 4.69) is 0 Å². The molecule has 0 aliphatic heterocycles. The van der Waals surface area contributed by atoms with E-state index in [0.717, 1.165) is 17.4 Å². The second-order valence-electron chi connectivity index (χ2n) is 3.06. The molecule has 0 saturated heterocycles. The first-order valence-electron chi connectivity index (χ1n) is 4.13. The van der Waals surface area contributed by atoms with Crippen LogP contribution in [0.2, 0.25) is 0 Å². The number of phenolic OH excluding ortho intramolecular Hbond substituents is 1. The fourth-order valence-corrected chi connectivity index (χ4v) is 2.33. The van der Waals surface area contributed by atoms with Gasteiger partial charge in [0.05, 0.1) is 11.0 Å². The highest BCUT2D eigenvalue weighted by Gasteiger charge is 2.18. The van der Waals surface area contributed by atoms with Crippen molar-refractivity contribution in [2.45, 2.75) is 0 Å². The zero-order chi connectivity index (χ0) is 11.9. The summed E-state index contributed by atoms with van der Waals surface area (Å²) in [5.74, 6) is -1.40. The molecule has 1 aromatic carbocycles. The van der Waals surface area contributed by atoms with Crippen molar-refractivity contribution in [1.29, 1.82) is 0 Å². The normalized spacial score (nSPS) is 10.5. The van der Waals surface area contributed by atoms with Crippen molar-refractivity contribution in [2.24, 2.45) is 0 Å². The number of thiophene rings is 1. The van der Waals surface area contributed by atoms with Crippen LogP contribution >= 0.6 is 11.3 Å². The number of aromatic hydroxyl groups is 1. The quantitative estimate of drug-likeness (QED) is 0.618. The van der Waals surface area contributed by atoms with Crippen molar-refractivity contribution in [3.63, 3.8) is 0 Å². The Bertz CT molecular complexity index is 603. The van der Waals surface area contributed by atoms with E-state index in [1.165, 1.54) is 12.1 Å². The minimum Gasteiger partial charge on any atom is -0.508 e. The number of hydrogen-bond donors (Lipinski definition) is 2. The number of nitro benzene ring substituents is 1. The number of carboxylic acid groups (broad SMARTS) is 1. The minimum atomic E-state index is -1.14. The molecule has 82 valence electrons. The molecule has 7 heteroatoms.